The zero-order valence-electron chi connectivity index (χ0n) is 68.2. The van der Waals surface area contributed by atoms with E-state index in [-0.39, 0.29) is 53.6 Å². The number of unbranched alkanes of at least 4 members (excludes halogenated alkanes) is 4. The Morgan fingerprint density at radius 1 is 0.204 bits per heavy atom. The molecule has 12 aliphatic rings. The van der Waals surface area contributed by atoms with Gasteiger partial charge >= 0.3 is 0 Å². The van der Waals surface area contributed by atoms with Gasteiger partial charge in [-0.15, -0.1) is 0 Å². The fourth-order valence-corrected chi connectivity index (χ4v) is 26.3. The standard InChI is InChI=1S/C32H57F.C31H55F.C28H49F.9H2O.3H2/c1-3-5-6-8-25-9-13-26(14-10-25)27-17-19-28(20-18-27)30-21-22-31(32(33)23-30)29-15-11-24(7-4-2)12-16-29;1-3-5-6-7-24-10-12-25(13-11-24)26-16-18-27(19-17-26)29-20-21-30(31(32)22-29)28-14-8-23(4-2)9-15-28;1-3-4-21-7-11-25(12-8-21)27-18-17-26(19-28(27)29)24-15-13-23(14-16-24)22-9-5-20(2)6-10-22;;;;;;;;;;;;/h24-32H,3-23H2,1-2H3;23-31H,3-22H2,1-2H3;20-28H,3-19H2,1-2H3;9*1H2;3*1H. The van der Waals surface area contributed by atoms with E-state index in [4.69, 9.17) is 0 Å². The molecule has 0 bridgehead atoms. The van der Waals surface area contributed by atoms with Crippen molar-refractivity contribution in [3.05, 3.63) is 0 Å². The summed E-state index contributed by atoms with van der Waals surface area (Å²) in [5.41, 5.74) is 0. The highest BCUT2D eigenvalue weighted by molar-refractivity contribution is 4.96. The maximum absolute atomic E-state index is 15.4. The molecular formula is C91H185F3O9. The Morgan fingerprint density at radius 3 is 0.621 bits per heavy atom. The van der Waals surface area contributed by atoms with Crippen LogP contribution in [0.5, 0.6) is 0 Å². The molecule has 18 N–H and O–H groups in total. The molecule has 0 radical (unpaired) electrons. The average Bonchev–Trinajstić information content (AvgIpc) is 0.820. The van der Waals surface area contributed by atoms with Crippen LogP contribution in [0.4, 0.5) is 13.2 Å². The number of hydrogen-bond donors (Lipinski definition) is 0. The van der Waals surface area contributed by atoms with Gasteiger partial charge in [0.2, 0.25) is 0 Å². The van der Waals surface area contributed by atoms with Crippen LogP contribution in [-0.4, -0.2) is 67.8 Å². The molecule has 12 heteroatoms. The van der Waals surface area contributed by atoms with Gasteiger partial charge in [-0.3, -0.25) is 0 Å². The van der Waals surface area contributed by atoms with Crippen molar-refractivity contribution in [2.45, 2.75) is 432 Å². The summed E-state index contributed by atoms with van der Waals surface area (Å²) in [6, 6.07) is 0. The first-order chi connectivity index (χ1) is 46.0. The Bertz CT molecular complexity index is 1990. The van der Waals surface area contributed by atoms with Gasteiger partial charge in [0.1, 0.15) is 18.5 Å². The van der Waals surface area contributed by atoms with Gasteiger partial charge in [-0.1, -0.05) is 202 Å². The lowest BCUT2D eigenvalue weighted by molar-refractivity contribution is 0.0282. The summed E-state index contributed by atoms with van der Waals surface area (Å²) >= 11 is 0. The quantitative estimate of drug-likeness (QED) is 0.0914. The van der Waals surface area contributed by atoms with Gasteiger partial charge < -0.3 is 49.3 Å². The van der Waals surface area contributed by atoms with E-state index in [9.17, 15) is 0 Å². The maximum Gasteiger partial charge on any atom is 0.103 e. The van der Waals surface area contributed by atoms with Crippen LogP contribution >= 0.6 is 0 Å². The van der Waals surface area contributed by atoms with E-state index >= 15 is 13.2 Å². The highest BCUT2D eigenvalue weighted by Crippen LogP contribution is 2.54. The third-order valence-electron chi connectivity index (χ3n) is 32.8. The Balaban J connectivity index is -0.00000142. The molecule has 0 heterocycles. The Labute approximate surface area is 638 Å². The minimum Gasteiger partial charge on any atom is -0.412 e. The summed E-state index contributed by atoms with van der Waals surface area (Å²) in [5, 5.41) is 0. The SMILES string of the molecule is CCCC1CCC(C2CCC(C3CCC(C4CCC(C)CC4)CC3)CC2F)CC1.CCCCCC1CCC(C2CCC(C3CCC(C4CCC(CC)CC4)C(F)C3)CC2)CC1.CCCCCC1CCC(C2CCC(C3CCC(C4CCC(CCC)CC4)C(F)C3)CC2)CC1.O.O.O.O.O.O.O.O.O.[HH].[HH].[HH]. The molecule has 103 heavy (non-hydrogen) atoms. The number of alkyl halides is 3. The van der Waals surface area contributed by atoms with Gasteiger partial charge in [-0.2, -0.15) is 0 Å². The summed E-state index contributed by atoms with van der Waals surface area (Å²) in [7, 11) is 0. The monoisotopic (exact) mass is 1480 g/mol. The predicted octanol–water partition coefficient (Wildman–Crippen LogP) is 23.0. The van der Waals surface area contributed by atoms with Crippen molar-refractivity contribution in [1.29, 1.82) is 0 Å². The van der Waals surface area contributed by atoms with E-state index in [1.54, 1.807) is 0 Å². The van der Waals surface area contributed by atoms with E-state index in [1.807, 2.05) is 0 Å². The van der Waals surface area contributed by atoms with Gasteiger partial charge in [0, 0.05) is 4.28 Å². The summed E-state index contributed by atoms with van der Waals surface area (Å²) in [5.74, 6) is 20.1. The van der Waals surface area contributed by atoms with Crippen molar-refractivity contribution in [3.63, 3.8) is 0 Å². The van der Waals surface area contributed by atoms with Crippen molar-refractivity contribution in [2.75, 3.05) is 0 Å². The minimum atomic E-state index is -0.489. The molecule has 9 unspecified atom stereocenters. The Hall–Kier alpha value is -0.570. The molecule has 0 saturated heterocycles. The average molecular weight is 1480 g/mol. The minimum absolute atomic E-state index is 0. The van der Waals surface area contributed by atoms with Gasteiger partial charge in [0.25, 0.3) is 0 Å². The van der Waals surface area contributed by atoms with Crippen LogP contribution in [-0.2, 0) is 0 Å². The van der Waals surface area contributed by atoms with E-state index in [0.29, 0.717) is 53.3 Å². The first-order valence-corrected chi connectivity index (χ1v) is 44.9. The summed E-state index contributed by atoms with van der Waals surface area (Å²) in [6.45, 7) is 14.1. The predicted molar refractivity (Wildman–Crippen MR) is 439 cm³/mol. The summed E-state index contributed by atoms with van der Waals surface area (Å²) < 4.78 is 46.0. The van der Waals surface area contributed by atoms with Crippen molar-refractivity contribution >= 4 is 0 Å². The second kappa shape index (κ2) is 53.4. The van der Waals surface area contributed by atoms with Gasteiger partial charge in [0.15, 0.2) is 0 Å². The van der Waals surface area contributed by atoms with Crippen molar-refractivity contribution in [1.82, 2.24) is 0 Å². The summed E-state index contributed by atoms with van der Waals surface area (Å²) in [4.78, 5) is 0. The molecule has 9 nitrogen and oxygen atoms in total. The number of rotatable bonds is 22. The highest BCUT2D eigenvalue weighted by Gasteiger charge is 2.45. The first-order valence-electron chi connectivity index (χ1n) is 44.9. The van der Waals surface area contributed by atoms with Crippen molar-refractivity contribution in [3.8, 4) is 0 Å². The molecule has 624 valence electrons. The van der Waals surface area contributed by atoms with Gasteiger partial charge in [-0.05, 0) is 354 Å². The summed E-state index contributed by atoms with van der Waals surface area (Å²) in [6.07, 6.45) is 78.9. The molecule has 0 aromatic rings. The lowest BCUT2D eigenvalue weighted by atomic mass is 9.62. The van der Waals surface area contributed by atoms with E-state index in [1.165, 1.54) is 353 Å². The Kier molecular flexibility index (Phi) is 52.1. The second-order valence-electron chi connectivity index (χ2n) is 38.2. The van der Waals surface area contributed by atoms with Crippen LogP contribution in [0.15, 0.2) is 0 Å². The molecular weight excluding hydrogens is 1290 g/mol. The second-order valence-corrected chi connectivity index (χ2v) is 38.2. The van der Waals surface area contributed by atoms with Crippen LogP contribution in [0.3, 0.4) is 0 Å². The molecule has 0 aromatic carbocycles. The van der Waals surface area contributed by atoms with Crippen LogP contribution in [0, 0.1) is 142 Å². The molecule has 9 atom stereocenters. The molecule has 0 aliphatic heterocycles. The maximum atomic E-state index is 15.4. The van der Waals surface area contributed by atoms with Crippen LogP contribution in [0.1, 0.15) is 418 Å². The van der Waals surface area contributed by atoms with E-state index < -0.39 is 18.5 Å². The fourth-order valence-electron chi connectivity index (χ4n) is 26.3. The lowest BCUT2D eigenvalue weighted by Crippen LogP contribution is -2.37. The number of hydrogen-bond acceptors (Lipinski definition) is 0. The largest absolute Gasteiger partial charge is 0.412 e. The Morgan fingerprint density at radius 2 is 0.398 bits per heavy atom. The molecule has 0 spiro atoms. The molecule has 0 amide bonds. The van der Waals surface area contributed by atoms with Gasteiger partial charge in [-0.25, -0.2) is 13.2 Å². The zero-order chi connectivity index (χ0) is 65.6. The molecule has 12 fully saturated rings. The first kappa shape index (κ1) is 100. The fraction of sp³-hybridized carbons (Fsp3) is 1.00. The number of halogens is 3. The van der Waals surface area contributed by atoms with E-state index in [0.717, 1.165) is 108 Å². The zero-order valence-corrected chi connectivity index (χ0v) is 68.2. The lowest BCUT2D eigenvalue weighted by Gasteiger charge is -2.44. The van der Waals surface area contributed by atoms with Crippen LogP contribution in [0.25, 0.3) is 0 Å². The highest BCUT2D eigenvalue weighted by atomic mass is 19.1. The smallest absolute Gasteiger partial charge is 0.103 e. The third-order valence-corrected chi connectivity index (χ3v) is 32.8. The third kappa shape index (κ3) is 30.1. The molecule has 0 aromatic heterocycles. The molecule has 12 aliphatic carbocycles. The normalized spacial score (nSPS) is 40.6. The van der Waals surface area contributed by atoms with Crippen molar-refractivity contribution < 1.29 is 66.7 Å². The van der Waals surface area contributed by atoms with Crippen LogP contribution in [0.2, 0.25) is 0 Å². The van der Waals surface area contributed by atoms with Crippen molar-refractivity contribution in [2.24, 2.45) is 142 Å². The van der Waals surface area contributed by atoms with Gasteiger partial charge in [0.05, 0.1) is 0 Å². The van der Waals surface area contributed by atoms with Crippen LogP contribution < -0.4 is 0 Å². The molecule has 12 saturated carbocycles. The molecule has 12 rings (SSSR count). The topological polar surface area (TPSA) is 284 Å². The van der Waals surface area contributed by atoms with E-state index in [2.05, 4.69) is 41.5 Å².